The molecule has 1 atom stereocenters. The van der Waals surface area contributed by atoms with Crippen LogP contribution in [0.1, 0.15) is 30.1 Å². The molecular weight excluding hydrogens is 338 g/mol. The summed E-state index contributed by atoms with van der Waals surface area (Å²) in [6.07, 6.45) is 1.25. The van der Waals surface area contributed by atoms with E-state index in [1.54, 1.807) is 18.2 Å². The van der Waals surface area contributed by atoms with Gasteiger partial charge in [0.1, 0.15) is 5.75 Å². The number of aliphatic hydroxyl groups is 1. The minimum Gasteiger partial charge on any atom is -0.484 e. The molecule has 1 saturated carbocycles. The van der Waals surface area contributed by atoms with Crippen LogP contribution < -0.4 is 10.1 Å². The van der Waals surface area contributed by atoms with Crippen LogP contribution in [0.25, 0.3) is 0 Å². The molecule has 0 radical (unpaired) electrons. The SMILES string of the molecule is Cc1cc(OCC(=O)NCC2([C@H](O)c3ccccc3)CC2)ccc1Cl. The van der Waals surface area contributed by atoms with Crippen molar-refractivity contribution in [2.24, 2.45) is 5.41 Å². The molecule has 2 aromatic carbocycles. The first-order chi connectivity index (χ1) is 12.0. The number of aliphatic hydroxyl groups excluding tert-OH is 1. The van der Waals surface area contributed by atoms with Crippen molar-refractivity contribution in [3.05, 3.63) is 64.7 Å². The molecule has 1 fully saturated rings. The predicted molar refractivity (Wildman–Crippen MR) is 97.8 cm³/mol. The van der Waals surface area contributed by atoms with Crippen molar-refractivity contribution in [1.82, 2.24) is 5.32 Å². The third kappa shape index (κ3) is 4.33. The Balaban J connectivity index is 1.49. The van der Waals surface area contributed by atoms with E-state index in [9.17, 15) is 9.90 Å². The molecule has 0 saturated heterocycles. The van der Waals surface area contributed by atoms with Crippen molar-refractivity contribution < 1.29 is 14.6 Å². The molecule has 0 aliphatic heterocycles. The van der Waals surface area contributed by atoms with Gasteiger partial charge in [-0.3, -0.25) is 4.79 Å². The summed E-state index contributed by atoms with van der Waals surface area (Å²) in [4.78, 5) is 12.1. The number of nitrogens with one attached hydrogen (secondary N) is 1. The molecular formula is C20H22ClNO3. The zero-order chi connectivity index (χ0) is 17.9. The summed E-state index contributed by atoms with van der Waals surface area (Å²) in [5.41, 5.74) is 1.54. The highest BCUT2D eigenvalue weighted by Gasteiger charge is 2.49. The van der Waals surface area contributed by atoms with Gasteiger partial charge in [0.05, 0.1) is 6.10 Å². The summed E-state index contributed by atoms with van der Waals surface area (Å²) in [6.45, 7) is 2.28. The minimum absolute atomic E-state index is 0.0570. The molecule has 5 heteroatoms. The molecule has 1 aliphatic carbocycles. The smallest absolute Gasteiger partial charge is 0.257 e. The second-order valence-corrected chi connectivity index (χ2v) is 7.06. The maximum absolute atomic E-state index is 12.1. The van der Waals surface area contributed by atoms with Gasteiger partial charge in [0.25, 0.3) is 5.91 Å². The minimum atomic E-state index is -0.561. The Bertz CT molecular complexity index is 744. The van der Waals surface area contributed by atoms with E-state index in [1.165, 1.54) is 0 Å². The van der Waals surface area contributed by atoms with Gasteiger partial charge in [-0.05, 0) is 49.1 Å². The highest BCUT2D eigenvalue weighted by atomic mass is 35.5. The number of ether oxygens (including phenoxy) is 1. The van der Waals surface area contributed by atoms with Crippen molar-refractivity contribution in [2.45, 2.75) is 25.9 Å². The fraction of sp³-hybridized carbons (Fsp3) is 0.350. The van der Waals surface area contributed by atoms with Crippen LogP contribution in [-0.2, 0) is 4.79 Å². The van der Waals surface area contributed by atoms with Gasteiger partial charge in [0, 0.05) is 17.0 Å². The molecule has 0 unspecified atom stereocenters. The summed E-state index contributed by atoms with van der Waals surface area (Å²) in [5, 5.41) is 14.1. The topological polar surface area (TPSA) is 58.6 Å². The molecule has 0 heterocycles. The maximum Gasteiger partial charge on any atom is 0.257 e. The Morgan fingerprint density at radius 2 is 2.00 bits per heavy atom. The normalized spacial score (nSPS) is 16.1. The fourth-order valence-corrected chi connectivity index (χ4v) is 3.00. The molecule has 25 heavy (non-hydrogen) atoms. The lowest BCUT2D eigenvalue weighted by Crippen LogP contribution is -2.36. The zero-order valence-corrected chi connectivity index (χ0v) is 14.9. The van der Waals surface area contributed by atoms with Crippen molar-refractivity contribution in [3.8, 4) is 5.75 Å². The Morgan fingerprint density at radius 3 is 2.64 bits per heavy atom. The number of carbonyl (C=O) groups is 1. The van der Waals surface area contributed by atoms with E-state index in [2.05, 4.69) is 5.32 Å². The van der Waals surface area contributed by atoms with Crippen molar-refractivity contribution in [2.75, 3.05) is 13.2 Å². The largest absolute Gasteiger partial charge is 0.484 e. The van der Waals surface area contributed by atoms with Crippen LogP contribution >= 0.6 is 11.6 Å². The third-order valence-electron chi connectivity index (χ3n) is 4.72. The summed E-state index contributed by atoms with van der Waals surface area (Å²) in [5.74, 6) is 0.418. The first kappa shape index (κ1) is 17.8. The van der Waals surface area contributed by atoms with E-state index in [4.69, 9.17) is 16.3 Å². The second-order valence-electron chi connectivity index (χ2n) is 6.65. The Labute approximate surface area is 152 Å². The van der Waals surface area contributed by atoms with Gasteiger partial charge in [-0.15, -0.1) is 0 Å². The molecule has 1 aliphatic rings. The molecule has 2 aromatic rings. The average molecular weight is 360 g/mol. The van der Waals surface area contributed by atoms with Crippen LogP contribution in [0.4, 0.5) is 0 Å². The van der Waals surface area contributed by atoms with Gasteiger partial charge in [0.2, 0.25) is 0 Å². The number of carbonyl (C=O) groups excluding carboxylic acids is 1. The molecule has 0 aromatic heterocycles. The monoisotopic (exact) mass is 359 g/mol. The number of benzene rings is 2. The number of aryl methyl sites for hydroxylation is 1. The van der Waals surface area contributed by atoms with Gasteiger partial charge < -0.3 is 15.2 Å². The molecule has 0 spiro atoms. The highest BCUT2D eigenvalue weighted by molar-refractivity contribution is 6.31. The maximum atomic E-state index is 12.1. The van der Waals surface area contributed by atoms with E-state index in [-0.39, 0.29) is 17.9 Å². The molecule has 4 nitrogen and oxygen atoms in total. The van der Waals surface area contributed by atoms with Gasteiger partial charge >= 0.3 is 0 Å². The van der Waals surface area contributed by atoms with Crippen LogP contribution in [0.5, 0.6) is 5.75 Å². The first-order valence-electron chi connectivity index (χ1n) is 8.39. The number of hydrogen-bond acceptors (Lipinski definition) is 3. The quantitative estimate of drug-likeness (QED) is 0.793. The molecule has 2 N–H and O–H groups in total. The third-order valence-corrected chi connectivity index (χ3v) is 5.15. The number of amides is 1. The second kappa shape index (κ2) is 7.46. The molecule has 132 valence electrons. The van der Waals surface area contributed by atoms with Gasteiger partial charge in [-0.2, -0.15) is 0 Å². The molecule has 1 amide bonds. The summed E-state index contributed by atoms with van der Waals surface area (Å²) in [6, 6.07) is 14.9. The average Bonchev–Trinajstić information content (AvgIpc) is 3.42. The molecule has 0 bridgehead atoms. The van der Waals surface area contributed by atoms with E-state index in [0.29, 0.717) is 17.3 Å². The number of halogens is 1. The van der Waals surface area contributed by atoms with Crippen LogP contribution in [0, 0.1) is 12.3 Å². The summed E-state index contributed by atoms with van der Waals surface area (Å²) >= 11 is 5.97. The van der Waals surface area contributed by atoms with E-state index < -0.39 is 6.10 Å². The van der Waals surface area contributed by atoms with Crippen molar-refractivity contribution >= 4 is 17.5 Å². The standard InChI is InChI=1S/C20H22ClNO3/c1-14-11-16(7-8-17(14)21)25-12-18(23)22-13-20(9-10-20)19(24)15-5-3-2-4-6-15/h2-8,11,19,24H,9-10,12-13H2,1H3,(H,22,23)/t19-/m1/s1. The van der Waals surface area contributed by atoms with Crippen LogP contribution in [0.15, 0.2) is 48.5 Å². The highest BCUT2D eigenvalue weighted by Crippen LogP contribution is 2.54. The number of hydrogen-bond donors (Lipinski definition) is 2. The van der Waals surface area contributed by atoms with Crippen molar-refractivity contribution in [1.29, 1.82) is 0 Å². The van der Waals surface area contributed by atoms with Gasteiger partial charge in [0.15, 0.2) is 6.61 Å². The molecule has 3 rings (SSSR count). The van der Waals surface area contributed by atoms with E-state index in [0.717, 1.165) is 24.0 Å². The Morgan fingerprint density at radius 1 is 1.28 bits per heavy atom. The Hall–Kier alpha value is -2.04. The van der Waals surface area contributed by atoms with Gasteiger partial charge in [-0.1, -0.05) is 41.9 Å². The summed E-state index contributed by atoms with van der Waals surface area (Å²) in [7, 11) is 0. The van der Waals surface area contributed by atoms with Crippen LogP contribution in [0.3, 0.4) is 0 Å². The Kier molecular flexibility index (Phi) is 5.30. The van der Waals surface area contributed by atoms with Crippen molar-refractivity contribution in [3.63, 3.8) is 0 Å². The first-order valence-corrected chi connectivity index (χ1v) is 8.77. The van der Waals surface area contributed by atoms with E-state index in [1.807, 2.05) is 37.3 Å². The summed E-state index contributed by atoms with van der Waals surface area (Å²) < 4.78 is 5.50. The fourth-order valence-electron chi connectivity index (χ4n) is 2.88. The van der Waals surface area contributed by atoms with Crippen LogP contribution in [-0.4, -0.2) is 24.2 Å². The van der Waals surface area contributed by atoms with Crippen LogP contribution in [0.2, 0.25) is 5.02 Å². The zero-order valence-electron chi connectivity index (χ0n) is 14.2. The predicted octanol–water partition coefficient (Wildman–Crippen LogP) is 3.66. The van der Waals surface area contributed by atoms with Gasteiger partial charge in [-0.25, -0.2) is 0 Å². The van der Waals surface area contributed by atoms with E-state index >= 15 is 0 Å². The lowest BCUT2D eigenvalue weighted by Gasteiger charge is -2.23. The number of rotatable bonds is 7. The lowest BCUT2D eigenvalue weighted by molar-refractivity contribution is -0.123. The lowest BCUT2D eigenvalue weighted by atomic mass is 9.93.